The van der Waals surface area contributed by atoms with Crippen LogP contribution in [-0.4, -0.2) is 62.3 Å². The first-order valence-corrected chi connectivity index (χ1v) is 9.08. The Morgan fingerprint density at radius 1 is 1.31 bits per heavy atom. The Hall–Kier alpha value is -2.12. The van der Waals surface area contributed by atoms with Crippen molar-refractivity contribution in [1.82, 2.24) is 10.2 Å². The quantitative estimate of drug-likeness (QED) is 0.705. The van der Waals surface area contributed by atoms with E-state index < -0.39 is 12.1 Å². The molecule has 0 radical (unpaired) electrons. The van der Waals surface area contributed by atoms with Gasteiger partial charge in [0, 0.05) is 19.2 Å². The summed E-state index contributed by atoms with van der Waals surface area (Å²) in [4.78, 5) is 27.0. The number of methoxy groups -OCH3 is 1. The minimum absolute atomic E-state index is 0.0628. The van der Waals surface area contributed by atoms with Crippen LogP contribution in [0.3, 0.4) is 0 Å². The van der Waals surface area contributed by atoms with Crippen molar-refractivity contribution in [3.05, 3.63) is 29.8 Å². The molecule has 2 amide bonds. The van der Waals surface area contributed by atoms with Crippen LogP contribution in [0.4, 0.5) is 0 Å². The zero-order valence-electron chi connectivity index (χ0n) is 15.3. The molecule has 1 aromatic carbocycles. The highest BCUT2D eigenvalue weighted by atomic mass is 16.5. The van der Waals surface area contributed by atoms with Crippen molar-refractivity contribution in [1.29, 1.82) is 0 Å². The molecule has 0 unspecified atom stereocenters. The Kier molecular flexibility index (Phi) is 6.11. The molecule has 1 aliphatic heterocycles. The molecule has 2 atom stereocenters. The molecule has 2 aliphatic rings. The number of carbonyl (C=O) groups is 2. The van der Waals surface area contributed by atoms with Gasteiger partial charge in [0.1, 0.15) is 12.4 Å². The number of rotatable bonds is 8. The van der Waals surface area contributed by atoms with E-state index in [-0.39, 0.29) is 24.5 Å². The summed E-state index contributed by atoms with van der Waals surface area (Å²) in [7, 11) is 1.60. The van der Waals surface area contributed by atoms with Gasteiger partial charge >= 0.3 is 0 Å². The van der Waals surface area contributed by atoms with E-state index in [1.54, 1.807) is 7.11 Å². The second-order valence-electron chi connectivity index (χ2n) is 6.47. The van der Waals surface area contributed by atoms with Gasteiger partial charge in [-0.25, -0.2) is 0 Å². The predicted octanol–water partition coefficient (Wildman–Crippen LogP) is 1.28. The van der Waals surface area contributed by atoms with Crippen molar-refractivity contribution >= 4 is 11.8 Å². The van der Waals surface area contributed by atoms with Gasteiger partial charge in [-0.3, -0.25) is 9.59 Å². The highest BCUT2D eigenvalue weighted by Crippen LogP contribution is 2.39. The van der Waals surface area contributed by atoms with Gasteiger partial charge in [0.25, 0.3) is 5.91 Å². The molecule has 26 heavy (non-hydrogen) atoms. The molecular formula is C19H26N2O5. The summed E-state index contributed by atoms with van der Waals surface area (Å²) in [5.74, 6) is 0.447. The van der Waals surface area contributed by atoms with Gasteiger partial charge in [-0.1, -0.05) is 12.1 Å². The van der Waals surface area contributed by atoms with E-state index in [4.69, 9.17) is 14.2 Å². The summed E-state index contributed by atoms with van der Waals surface area (Å²) in [6.45, 7) is 3.32. The zero-order valence-corrected chi connectivity index (χ0v) is 15.3. The van der Waals surface area contributed by atoms with E-state index in [1.807, 2.05) is 36.1 Å². The first-order chi connectivity index (χ1) is 12.7. The lowest BCUT2D eigenvalue weighted by molar-refractivity contribution is -0.165. The van der Waals surface area contributed by atoms with E-state index in [9.17, 15) is 9.59 Å². The van der Waals surface area contributed by atoms with Gasteiger partial charge in [-0.15, -0.1) is 0 Å². The number of hydrogen-bond donors (Lipinski definition) is 1. The van der Waals surface area contributed by atoms with Crippen molar-refractivity contribution in [2.75, 3.05) is 33.5 Å². The van der Waals surface area contributed by atoms with Crippen molar-refractivity contribution in [3.8, 4) is 5.75 Å². The number of carbonyl (C=O) groups excluding carboxylic acids is 2. The number of amides is 2. The Labute approximate surface area is 153 Å². The summed E-state index contributed by atoms with van der Waals surface area (Å²) in [6, 6.07) is 7.22. The topological polar surface area (TPSA) is 77.1 Å². The third kappa shape index (κ3) is 4.16. The normalized spacial score (nSPS) is 23.0. The number of benzene rings is 1. The molecule has 0 aromatic heterocycles. The third-order valence-corrected chi connectivity index (χ3v) is 4.67. The van der Waals surface area contributed by atoms with Crippen molar-refractivity contribution in [2.45, 2.75) is 38.0 Å². The molecule has 1 heterocycles. The fraction of sp³-hybridized carbons (Fsp3) is 0.579. The van der Waals surface area contributed by atoms with Gasteiger partial charge in [-0.05, 0) is 37.5 Å². The number of ether oxygens (including phenoxy) is 3. The van der Waals surface area contributed by atoms with Crippen LogP contribution in [0.15, 0.2) is 24.3 Å². The Morgan fingerprint density at radius 2 is 2.04 bits per heavy atom. The molecule has 1 saturated heterocycles. The average Bonchev–Trinajstić information content (AvgIpc) is 3.50. The van der Waals surface area contributed by atoms with Crippen molar-refractivity contribution in [2.24, 2.45) is 0 Å². The minimum atomic E-state index is -0.733. The Bertz CT molecular complexity index is 629. The van der Waals surface area contributed by atoms with Crippen LogP contribution < -0.4 is 10.1 Å². The molecule has 142 valence electrons. The molecule has 7 nitrogen and oxygen atoms in total. The van der Waals surface area contributed by atoms with E-state index in [1.165, 1.54) is 0 Å². The second-order valence-corrected chi connectivity index (χ2v) is 6.47. The fourth-order valence-electron chi connectivity index (χ4n) is 3.26. The van der Waals surface area contributed by atoms with Crippen LogP contribution in [0.1, 0.15) is 31.4 Å². The monoisotopic (exact) mass is 362 g/mol. The summed E-state index contributed by atoms with van der Waals surface area (Å²) in [5.41, 5.74) is 0.871. The van der Waals surface area contributed by atoms with Crippen molar-refractivity contribution in [3.63, 3.8) is 0 Å². The zero-order chi connectivity index (χ0) is 18.5. The lowest BCUT2D eigenvalue weighted by Crippen LogP contribution is -2.55. The highest BCUT2D eigenvalue weighted by Gasteiger charge is 2.47. The summed E-state index contributed by atoms with van der Waals surface area (Å²) in [6.07, 6.45) is 1.21. The van der Waals surface area contributed by atoms with Gasteiger partial charge in [0.2, 0.25) is 5.91 Å². The van der Waals surface area contributed by atoms with Gasteiger partial charge in [-0.2, -0.15) is 0 Å². The van der Waals surface area contributed by atoms with Gasteiger partial charge < -0.3 is 24.4 Å². The van der Waals surface area contributed by atoms with Gasteiger partial charge in [0.05, 0.1) is 19.8 Å². The maximum atomic E-state index is 12.7. The number of nitrogens with zero attached hydrogens (tertiary/aromatic N) is 1. The van der Waals surface area contributed by atoms with E-state index in [0.29, 0.717) is 19.8 Å². The average molecular weight is 362 g/mol. The predicted molar refractivity (Wildman–Crippen MR) is 94.8 cm³/mol. The van der Waals surface area contributed by atoms with Gasteiger partial charge in [0.15, 0.2) is 6.10 Å². The van der Waals surface area contributed by atoms with Crippen LogP contribution in [-0.2, 0) is 19.1 Å². The third-order valence-electron chi connectivity index (χ3n) is 4.67. The molecule has 2 fully saturated rings. The first kappa shape index (κ1) is 18.7. The maximum absolute atomic E-state index is 12.7. The van der Waals surface area contributed by atoms with Crippen LogP contribution in [0.25, 0.3) is 0 Å². The van der Waals surface area contributed by atoms with Crippen LogP contribution in [0, 0.1) is 0 Å². The highest BCUT2D eigenvalue weighted by molar-refractivity contribution is 5.86. The molecule has 0 spiro atoms. The molecule has 1 N–H and O–H groups in total. The molecule has 1 aliphatic carbocycles. The van der Waals surface area contributed by atoms with Crippen LogP contribution in [0.2, 0.25) is 0 Å². The molecular weight excluding hydrogens is 336 g/mol. The minimum Gasteiger partial charge on any atom is -0.497 e. The number of hydrogen-bond acceptors (Lipinski definition) is 5. The Balaban J connectivity index is 1.80. The number of morpholine rings is 1. The largest absolute Gasteiger partial charge is 0.497 e. The molecule has 3 rings (SSSR count). The molecule has 1 saturated carbocycles. The van der Waals surface area contributed by atoms with Crippen LogP contribution in [0.5, 0.6) is 5.75 Å². The second kappa shape index (κ2) is 8.51. The number of nitrogens with one attached hydrogen (secondary N) is 1. The standard InChI is InChI=1S/C19H26N2O5/c1-3-25-11-10-20-19(23)18-17(13-4-8-15(24-2)9-5-13)21(14-6-7-14)16(22)12-26-18/h4-5,8-9,14,17-18H,3,6-7,10-12H2,1-2H3,(H,20,23)/t17-,18+/m1/s1. The van der Waals surface area contributed by atoms with E-state index >= 15 is 0 Å². The maximum Gasteiger partial charge on any atom is 0.251 e. The molecule has 0 bridgehead atoms. The lowest BCUT2D eigenvalue weighted by atomic mass is 9.96. The lowest BCUT2D eigenvalue weighted by Gasteiger charge is -2.40. The van der Waals surface area contributed by atoms with E-state index in [2.05, 4.69) is 5.32 Å². The summed E-state index contributed by atoms with van der Waals surface area (Å²) < 4.78 is 16.1. The smallest absolute Gasteiger partial charge is 0.251 e. The fourth-order valence-corrected chi connectivity index (χ4v) is 3.26. The van der Waals surface area contributed by atoms with Crippen molar-refractivity contribution < 1.29 is 23.8 Å². The summed E-state index contributed by atoms with van der Waals surface area (Å²) >= 11 is 0. The molecule has 7 heteroatoms. The van der Waals surface area contributed by atoms with Crippen LogP contribution >= 0.6 is 0 Å². The first-order valence-electron chi connectivity index (χ1n) is 9.08. The Morgan fingerprint density at radius 3 is 2.65 bits per heavy atom. The molecule has 1 aromatic rings. The van der Waals surface area contributed by atoms with E-state index in [0.717, 1.165) is 24.2 Å². The summed E-state index contributed by atoms with van der Waals surface area (Å²) in [5, 5.41) is 2.85. The SMILES string of the molecule is CCOCCNC(=O)[C@H]1OCC(=O)N(C2CC2)[C@@H]1c1ccc(OC)cc1.